The number of nitriles is 1. The van der Waals surface area contributed by atoms with Crippen molar-refractivity contribution in [3.05, 3.63) is 16.0 Å². The molecule has 2 heterocycles. The molecule has 0 bridgehead atoms. The van der Waals surface area contributed by atoms with Crippen molar-refractivity contribution in [2.75, 3.05) is 31.6 Å². The lowest BCUT2D eigenvalue weighted by molar-refractivity contribution is -0.166. The largest absolute Gasteiger partial charge is 0.452 e. The molecule has 9 heteroatoms. The maximum absolute atomic E-state index is 13.2. The second-order valence-electron chi connectivity index (χ2n) is 9.57. The fourth-order valence-electron chi connectivity index (χ4n) is 5.22. The summed E-state index contributed by atoms with van der Waals surface area (Å²) in [6.45, 7) is 3.64. The fourth-order valence-corrected chi connectivity index (χ4v) is 6.46. The number of rotatable bonds is 6. The van der Waals surface area contributed by atoms with Gasteiger partial charge in [0, 0.05) is 24.4 Å². The van der Waals surface area contributed by atoms with Gasteiger partial charge in [0.1, 0.15) is 11.1 Å². The van der Waals surface area contributed by atoms with E-state index in [2.05, 4.69) is 11.4 Å². The molecular weight excluding hydrogens is 454 g/mol. The van der Waals surface area contributed by atoms with Gasteiger partial charge in [0.15, 0.2) is 6.10 Å². The Morgan fingerprint density at radius 2 is 1.85 bits per heavy atom. The normalized spacial score (nSPS) is 20.5. The number of nitrogens with one attached hydrogen (secondary N) is 1. The monoisotopic (exact) mass is 487 g/mol. The maximum Gasteiger partial charge on any atom is 0.313 e. The zero-order chi connectivity index (χ0) is 24.1. The molecule has 1 saturated carbocycles. The number of hydrogen-bond acceptors (Lipinski definition) is 7. The Bertz CT molecular complexity index is 970. The molecule has 1 aromatic rings. The summed E-state index contributed by atoms with van der Waals surface area (Å²) in [6.07, 6.45) is 7.06. The molecule has 34 heavy (non-hydrogen) atoms. The van der Waals surface area contributed by atoms with Crippen LogP contribution in [-0.2, 0) is 36.7 Å². The van der Waals surface area contributed by atoms with Crippen LogP contribution in [0.1, 0.15) is 74.3 Å². The summed E-state index contributed by atoms with van der Waals surface area (Å²) in [5, 5.41) is 13.1. The predicted molar refractivity (Wildman–Crippen MR) is 127 cm³/mol. The van der Waals surface area contributed by atoms with E-state index in [0.29, 0.717) is 49.7 Å². The Balaban J connectivity index is 1.40. The van der Waals surface area contributed by atoms with Gasteiger partial charge in [-0.2, -0.15) is 5.26 Å². The number of aryl methyl sites for hydroxylation is 1. The number of amides is 2. The topological polar surface area (TPSA) is 109 Å². The van der Waals surface area contributed by atoms with Crippen molar-refractivity contribution in [3.8, 4) is 6.07 Å². The lowest BCUT2D eigenvalue weighted by Gasteiger charge is -2.32. The van der Waals surface area contributed by atoms with Crippen molar-refractivity contribution < 1.29 is 23.9 Å². The van der Waals surface area contributed by atoms with Gasteiger partial charge in [-0.05, 0) is 51.0 Å². The van der Waals surface area contributed by atoms with Crippen molar-refractivity contribution >= 4 is 34.1 Å². The van der Waals surface area contributed by atoms with Gasteiger partial charge < -0.3 is 19.7 Å². The van der Waals surface area contributed by atoms with E-state index in [1.807, 2.05) is 0 Å². The Kier molecular flexibility index (Phi) is 7.89. The van der Waals surface area contributed by atoms with Crippen molar-refractivity contribution in [3.63, 3.8) is 0 Å². The number of anilines is 1. The van der Waals surface area contributed by atoms with E-state index in [4.69, 9.17) is 9.47 Å². The van der Waals surface area contributed by atoms with E-state index in [-0.39, 0.29) is 12.3 Å². The number of nitrogens with zero attached hydrogens (tertiary/aromatic N) is 2. The number of carbonyl (C=O) groups excluding carboxylic acids is 3. The first-order valence-electron chi connectivity index (χ1n) is 12.4. The average Bonchev–Trinajstić information content (AvgIpc) is 3.37. The lowest BCUT2D eigenvalue weighted by Crippen LogP contribution is -2.45. The van der Waals surface area contributed by atoms with Crippen LogP contribution >= 0.6 is 11.3 Å². The molecule has 4 rings (SSSR count). The van der Waals surface area contributed by atoms with Gasteiger partial charge in [-0.1, -0.05) is 19.3 Å². The van der Waals surface area contributed by atoms with Crippen LogP contribution in [-0.4, -0.2) is 55.1 Å². The van der Waals surface area contributed by atoms with E-state index >= 15 is 0 Å². The van der Waals surface area contributed by atoms with Crippen LogP contribution in [0.4, 0.5) is 5.00 Å². The van der Waals surface area contributed by atoms with Gasteiger partial charge in [-0.25, -0.2) is 0 Å². The molecule has 1 saturated heterocycles. The molecular formula is C25H33N3O5S. The van der Waals surface area contributed by atoms with E-state index in [9.17, 15) is 19.6 Å². The summed E-state index contributed by atoms with van der Waals surface area (Å²) in [7, 11) is 0. The minimum Gasteiger partial charge on any atom is -0.452 e. The SMILES string of the molecule is C[C@@H](OC(=O)C1(CC(=O)N2CCOCC2)CCCC1)C(=O)Nc1sc2c(c1C#N)CCCCC2. The summed E-state index contributed by atoms with van der Waals surface area (Å²) in [5.41, 5.74) is 0.718. The molecule has 2 amide bonds. The summed E-state index contributed by atoms with van der Waals surface area (Å²) in [4.78, 5) is 41.9. The highest BCUT2D eigenvalue weighted by Crippen LogP contribution is 2.43. The molecule has 0 spiro atoms. The number of fused-ring (bicyclic) bond motifs is 1. The summed E-state index contributed by atoms with van der Waals surface area (Å²) in [5.74, 6) is -0.983. The molecule has 1 atom stereocenters. The second-order valence-corrected chi connectivity index (χ2v) is 10.7. The second kappa shape index (κ2) is 10.9. The molecule has 2 aliphatic carbocycles. The maximum atomic E-state index is 13.2. The molecule has 0 radical (unpaired) electrons. The average molecular weight is 488 g/mol. The van der Waals surface area contributed by atoms with Crippen molar-refractivity contribution in [1.82, 2.24) is 4.90 Å². The van der Waals surface area contributed by atoms with E-state index in [0.717, 1.165) is 50.5 Å². The summed E-state index contributed by atoms with van der Waals surface area (Å²) >= 11 is 1.46. The molecule has 1 aliphatic heterocycles. The Morgan fingerprint density at radius 3 is 2.56 bits per heavy atom. The van der Waals surface area contributed by atoms with Gasteiger partial charge >= 0.3 is 5.97 Å². The Morgan fingerprint density at radius 1 is 1.15 bits per heavy atom. The van der Waals surface area contributed by atoms with Gasteiger partial charge in [0.25, 0.3) is 5.91 Å². The molecule has 1 N–H and O–H groups in total. The highest BCUT2D eigenvalue weighted by atomic mass is 32.1. The standard InChI is InChI=1S/C25H33N3O5S/c1-17(22(30)27-23-19(16-26)18-7-3-2-4-8-20(18)34-23)33-24(31)25(9-5-6-10-25)15-21(29)28-11-13-32-14-12-28/h17H,2-15H2,1H3,(H,27,30)/t17-/m1/s1. The number of hydrogen-bond donors (Lipinski definition) is 1. The van der Waals surface area contributed by atoms with Crippen molar-refractivity contribution in [1.29, 1.82) is 5.26 Å². The van der Waals surface area contributed by atoms with Crippen LogP contribution in [0, 0.1) is 16.7 Å². The highest BCUT2D eigenvalue weighted by molar-refractivity contribution is 7.16. The zero-order valence-corrected chi connectivity index (χ0v) is 20.6. The van der Waals surface area contributed by atoms with E-state index in [1.165, 1.54) is 16.2 Å². The first-order valence-corrected chi connectivity index (χ1v) is 13.2. The van der Waals surface area contributed by atoms with Gasteiger partial charge in [0.05, 0.1) is 24.2 Å². The van der Waals surface area contributed by atoms with Crippen LogP contribution in [0.5, 0.6) is 0 Å². The molecule has 8 nitrogen and oxygen atoms in total. The quantitative estimate of drug-likeness (QED) is 0.485. The molecule has 3 aliphatic rings. The number of ether oxygens (including phenoxy) is 2. The predicted octanol–water partition coefficient (Wildman–Crippen LogP) is 3.57. The third kappa shape index (κ3) is 5.28. The van der Waals surface area contributed by atoms with Gasteiger partial charge in [0.2, 0.25) is 5.91 Å². The number of thiophene rings is 1. The minimum absolute atomic E-state index is 0.0574. The first kappa shape index (κ1) is 24.7. The van der Waals surface area contributed by atoms with Gasteiger partial charge in [-0.15, -0.1) is 11.3 Å². The lowest BCUT2D eigenvalue weighted by atomic mass is 9.82. The third-order valence-corrected chi connectivity index (χ3v) is 8.48. The highest BCUT2D eigenvalue weighted by Gasteiger charge is 2.46. The molecule has 1 aromatic heterocycles. The summed E-state index contributed by atoms with van der Waals surface area (Å²) < 4.78 is 11.0. The van der Waals surface area contributed by atoms with Gasteiger partial charge in [-0.3, -0.25) is 14.4 Å². The third-order valence-electron chi connectivity index (χ3n) is 7.27. The van der Waals surface area contributed by atoms with Crippen LogP contribution in [0.3, 0.4) is 0 Å². The Hall–Kier alpha value is -2.44. The van der Waals surface area contributed by atoms with Crippen LogP contribution in [0.25, 0.3) is 0 Å². The zero-order valence-electron chi connectivity index (χ0n) is 19.8. The summed E-state index contributed by atoms with van der Waals surface area (Å²) in [6, 6.07) is 2.26. The molecule has 184 valence electrons. The van der Waals surface area contributed by atoms with Crippen molar-refractivity contribution in [2.24, 2.45) is 5.41 Å². The Labute approximate surface area is 204 Å². The van der Waals surface area contributed by atoms with E-state index in [1.54, 1.807) is 11.8 Å². The van der Waals surface area contributed by atoms with Crippen molar-refractivity contribution in [2.45, 2.75) is 77.2 Å². The molecule has 0 unspecified atom stereocenters. The smallest absolute Gasteiger partial charge is 0.313 e. The number of esters is 1. The molecule has 0 aromatic carbocycles. The van der Waals surface area contributed by atoms with E-state index < -0.39 is 23.4 Å². The number of morpholine rings is 1. The first-order chi connectivity index (χ1) is 16.4. The fraction of sp³-hybridized carbons (Fsp3) is 0.680. The number of carbonyl (C=O) groups is 3. The minimum atomic E-state index is -1.02. The molecule has 2 fully saturated rings. The van der Waals surface area contributed by atoms with Crippen LogP contribution in [0.15, 0.2) is 0 Å². The van der Waals surface area contributed by atoms with Crippen LogP contribution in [0.2, 0.25) is 0 Å². The van der Waals surface area contributed by atoms with Crippen LogP contribution < -0.4 is 5.32 Å².